The number of thioether (sulfide) groups is 2. The first-order valence-electron chi connectivity index (χ1n) is 13.8. The van der Waals surface area contributed by atoms with Gasteiger partial charge in [0.05, 0.1) is 6.07 Å². The van der Waals surface area contributed by atoms with Gasteiger partial charge >= 0.3 is 0 Å². The predicted molar refractivity (Wildman–Crippen MR) is 157 cm³/mol. The summed E-state index contributed by atoms with van der Waals surface area (Å²) in [7, 11) is 0. The van der Waals surface area contributed by atoms with Crippen molar-refractivity contribution in [3.8, 4) is 6.07 Å². The van der Waals surface area contributed by atoms with Gasteiger partial charge in [0.25, 0.3) is 0 Å². The first-order valence-corrected chi connectivity index (χ1v) is 15.9. The third kappa shape index (κ3) is 8.61. The summed E-state index contributed by atoms with van der Waals surface area (Å²) in [6.07, 6.45) is 13.9. The highest BCUT2D eigenvalue weighted by Crippen LogP contribution is 2.52. The zero-order valence-electron chi connectivity index (χ0n) is 22.3. The molecule has 2 atom stereocenters. The topological polar surface area (TPSA) is 23.8 Å². The fraction of sp³-hybridized carbons (Fsp3) is 0.594. The fourth-order valence-electron chi connectivity index (χ4n) is 5.37. The van der Waals surface area contributed by atoms with Gasteiger partial charge < -0.3 is 0 Å². The van der Waals surface area contributed by atoms with E-state index in [4.69, 9.17) is 5.26 Å². The summed E-state index contributed by atoms with van der Waals surface area (Å²) in [4.78, 5) is 1.52. The Bertz CT molecular complexity index is 930. The average Bonchev–Trinajstić information content (AvgIpc) is 2.86. The molecule has 35 heavy (non-hydrogen) atoms. The van der Waals surface area contributed by atoms with Gasteiger partial charge in [-0.3, -0.25) is 0 Å². The van der Waals surface area contributed by atoms with Gasteiger partial charge in [-0.15, -0.1) is 11.8 Å². The van der Waals surface area contributed by atoms with Gasteiger partial charge in [0.15, 0.2) is 0 Å². The highest BCUT2D eigenvalue weighted by atomic mass is 32.2. The van der Waals surface area contributed by atoms with Crippen molar-refractivity contribution < 1.29 is 0 Å². The molecule has 3 heteroatoms. The Hall–Kier alpha value is -1.37. The second-order valence-electron chi connectivity index (χ2n) is 10.7. The van der Waals surface area contributed by atoms with Crippen molar-refractivity contribution in [1.29, 1.82) is 5.26 Å². The zero-order valence-corrected chi connectivity index (χ0v) is 23.9. The lowest BCUT2D eigenvalue weighted by atomic mass is 9.67. The van der Waals surface area contributed by atoms with E-state index < -0.39 is 0 Å². The Morgan fingerprint density at radius 2 is 1.49 bits per heavy atom. The van der Waals surface area contributed by atoms with Crippen LogP contribution in [0, 0.1) is 25.2 Å². The van der Waals surface area contributed by atoms with Crippen LogP contribution in [-0.4, -0.2) is 17.3 Å². The first-order chi connectivity index (χ1) is 17.0. The molecule has 2 unspecified atom stereocenters. The molecule has 1 aliphatic rings. The van der Waals surface area contributed by atoms with Crippen LogP contribution >= 0.6 is 23.5 Å². The van der Waals surface area contributed by atoms with Crippen LogP contribution in [0.1, 0.15) is 106 Å². The molecule has 0 aliphatic carbocycles. The van der Waals surface area contributed by atoms with E-state index in [2.05, 4.69) is 92.8 Å². The maximum atomic E-state index is 8.58. The van der Waals surface area contributed by atoms with Crippen LogP contribution in [0.3, 0.4) is 0 Å². The van der Waals surface area contributed by atoms with Crippen LogP contribution in [0.5, 0.6) is 0 Å². The van der Waals surface area contributed by atoms with E-state index in [0.29, 0.717) is 5.92 Å². The molecule has 2 aromatic rings. The Labute approximate surface area is 223 Å². The largest absolute Gasteiger partial charge is 0.198 e. The SMILES string of the molecule is Cc1ccc(C2(C)CSc3cc(C)ccc3C2CCCCCCCCCSCCCCC#N)cc1. The van der Waals surface area contributed by atoms with Crippen molar-refractivity contribution in [2.24, 2.45) is 0 Å². The fourth-order valence-corrected chi connectivity index (χ4v) is 7.86. The molecule has 2 aromatic carbocycles. The van der Waals surface area contributed by atoms with Crippen molar-refractivity contribution in [2.75, 3.05) is 17.3 Å². The Kier molecular flexibility index (Phi) is 12.1. The van der Waals surface area contributed by atoms with E-state index in [-0.39, 0.29) is 5.41 Å². The van der Waals surface area contributed by atoms with Crippen molar-refractivity contribution in [1.82, 2.24) is 0 Å². The number of aryl methyl sites for hydroxylation is 2. The third-order valence-corrected chi connectivity index (χ3v) is 10.2. The van der Waals surface area contributed by atoms with Gasteiger partial charge in [0.2, 0.25) is 0 Å². The maximum absolute atomic E-state index is 8.58. The molecular formula is C32H45NS2. The Balaban J connectivity index is 1.42. The molecule has 3 rings (SSSR count). The summed E-state index contributed by atoms with van der Waals surface area (Å²) in [5, 5.41) is 8.58. The summed E-state index contributed by atoms with van der Waals surface area (Å²) in [6, 6.07) is 18.7. The molecule has 1 heterocycles. The van der Waals surface area contributed by atoms with E-state index in [1.54, 1.807) is 5.56 Å². The normalized spacial score (nSPS) is 19.3. The number of fused-ring (bicyclic) bond motifs is 1. The highest BCUT2D eigenvalue weighted by molar-refractivity contribution is 7.99. The average molecular weight is 508 g/mol. The molecule has 0 aromatic heterocycles. The van der Waals surface area contributed by atoms with Gasteiger partial charge in [-0.05, 0) is 74.1 Å². The monoisotopic (exact) mass is 507 g/mol. The molecular weight excluding hydrogens is 462 g/mol. The minimum Gasteiger partial charge on any atom is -0.198 e. The molecule has 1 nitrogen and oxygen atoms in total. The minimum atomic E-state index is 0.201. The van der Waals surface area contributed by atoms with Crippen LogP contribution in [0.4, 0.5) is 0 Å². The van der Waals surface area contributed by atoms with Crippen molar-refractivity contribution >= 4 is 23.5 Å². The molecule has 190 valence electrons. The first kappa shape index (κ1) is 28.2. The van der Waals surface area contributed by atoms with E-state index in [1.807, 2.05) is 0 Å². The van der Waals surface area contributed by atoms with Crippen molar-refractivity contribution in [3.05, 3.63) is 64.7 Å². The third-order valence-electron chi connectivity index (χ3n) is 7.66. The second-order valence-corrected chi connectivity index (χ2v) is 12.9. The lowest BCUT2D eigenvalue weighted by Gasteiger charge is -2.43. The molecule has 0 bridgehead atoms. The van der Waals surface area contributed by atoms with Gasteiger partial charge in [-0.25, -0.2) is 0 Å². The van der Waals surface area contributed by atoms with Crippen LogP contribution in [-0.2, 0) is 5.41 Å². The smallest absolute Gasteiger partial charge is 0.0621 e. The summed E-state index contributed by atoms with van der Waals surface area (Å²) >= 11 is 4.14. The summed E-state index contributed by atoms with van der Waals surface area (Å²) in [5.41, 5.74) is 6.02. The van der Waals surface area contributed by atoms with E-state index in [0.717, 1.165) is 12.8 Å². The quantitative estimate of drug-likeness (QED) is 0.224. The summed E-state index contributed by atoms with van der Waals surface area (Å²) in [6.45, 7) is 6.92. The highest BCUT2D eigenvalue weighted by Gasteiger charge is 2.40. The maximum Gasteiger partial charge on any atom is 0.0621 e. The Morgan fingerprint density at radius 3 is 2.20 bits per heavy atom. The number of benzene rings is 2. The minimum absolute atomic E-state index is 0.201. The van der Waals surface area contributed by atoms with Crippen molar-refractivity contribution in [3.63, 3.8) is 0 Å². The van der Waals surface area contributed by atoms with E-state index in [1.165, 1.54) is 96.6 Å². The lowest BCUT2D eigenvalue weighted by molar-refractivity contribution is 0.372. The molecule has 0 radical (unpaired) electrons. The number of nitrogens with zero attached hydrogens (tertiary/aromatic N) is 1. The number of rotatable bonds is 15. The van der Waals surface area contributed by atoms with Gasteiger partial charge in [0.1, 0.15) is 0 Å². The second kappa shape index (κ2) is 15.0. The summed E-state index contributed by atoms with van der Waals surface area (Å²) < 4.78 is 0. The number of hydrogen-bond donors (Lipinski definition) is 0. The molecule has 0 amide bonds. The predicted octanol–water partition coefficient (Wildman–Crippen LogP) is 10.00. The van der Waals surface area contributed by atoms with Crippen LogP contribution in [0.2, 0.25) is 0 Å². The number of hydrogen-bond acceptors (Lipinski definition) is 3. The number of unbranched alkanes of at least 4 members (excludes halogenated alkanes) is 8. The van der Waals surface area contributed by atoms with Gasteiger partial charge in [-0.1, -0.05) is 93.0 Å². The Morgan fingerprint density at radius 1 is 0.857 bits per heavy atom. The van der Waals surface area contributed by atoms with Crippen molar-refractivity contribution in [2.45, 2.75) is 108 Å². The molecule has 1 aliphatic heterocycles. The lowest BCUT2D eigenvalue weighted by Crippen LogP contribution is -2.36. The summed E-state index contributed by atoms with van der Waals surface area (Å²) in [5.74, 6) is 4.30. The molecule has 0 saturated heterocycles. The van der Waals surface area contributed by atoms with Gasteiger partial charge in [-0.2, -0.15) is 17.0 Å². The van der Waals surface area contributed by atoms with E-state index in [9.17, 15) is 0 Å². The molecule has 0 saturated carbocycles. The molecule has 0 fully saturated rings. The number of nitriles is 1. The van der Waals surface area contributed by atoms with Gasteiger partial charge in [0, 0.05) is 22.5 Å². The molecule has 0 N–H and O–H groups in total. The zero-order chi connectivity index (χ0) is 24.9. The van der Waals surface area contributed by atoms with Crippen LogP contribution < -0.4 is 0 Å². The van der Waals surface area contributed by atoms with Crippen LogP contribution in [0.15, 0.2) is 47.4 Å². The van der Waals surface area contributed by atoms with E-state index >= 15 is 0 Å². The standard InChI is InChI=1S/C32H45NS2/c1-26-15-18-28(19-16-26)32(3)25-35-31-24-27(2)17-20-29(31)30(32)14-10-7-5-4-6-8-12-22-34-23-13-9-11-21-33/h15-20,24,30H,4-14,22-23,25H2,1-3H3. The van der Waals surface area contributed by atoms with Crippen LogP contribution in [0.25, 0.3) is 0 Å². The molecule has 0 spiro atoms.